The van der Waals surface area contributed by atoms with E-state index in [9.17, 15) is 0 Å². The number of furan rings is 1. The van der Waals surface area contributed by atoms with Crippen molar-refractivity contribution in [2.45, 2.75) is 5.41 Å². The van der Waals surface area contributed by atoms with E-state index < -0.39 is 5.41 Å². The van der Waals surface area contributed by atoms with Crippen LogP contribution in [0.15, 0.2) is 211 Å². The molecule has 3 aliphatic rings. The van der Waals surface area contributed by atoms with Crippen LogP contribution in [0.2, 0.25) is 0 Å². The Hall–Kier alpha value is -8.20. The van der Waals surface area contributed by atoms with Gasteiger partial charge in [0.2, 0.25) is 0 Å². The highest BCUT2D eigenvalue weighted by Gasteiger charge is 2.52. The van der Waals surface area contributed by atoms with Crippen molar-refractivity contribution in [3.05, 3.63) is 229 Å². The molecule has 11 aromatic carbocycles. The fourth-order valence-corrected chi connectivity index (χ4v) is 11.9. The first-order valence-corrected chi connectivity index (χ1v) is 21.8. The van der Waals surface area contributed by atoms with Gasteiger partial charge in [-0.1, -0.05) is 170 Å². The maximum absolute atomic E-state index is 6.81. The highest BCUT2D eigenvalue weighted by Crippen LogP contribution is 2.64. The van der Waals surface area contributed by atoms with Gasteiger partial charge in [-0.05, 0) is 130 Å². The molecule has 0 fully saturated rings. The summed E-state index contributed by atoms with van der Waals surface area (Å²) >= 11 is 0. The molecule has 0 radical (unpaired) electrons. The van der Waals surface area contributed by atoms with E-state index in [1.54, 1.807) is 0 Å². The average Bonchev–Trinajstić information content (AvgIpc) is 3.99. The highest BCUT2D eigenvalue weighted by molar-refractivity contribution is 6.21. The van der Waals surface area contributed by atoms with E-state index in [2.05, 4.69) is 206 Å². The third kappa shape index (κ3) is 4.23. The van der Waals surface area contributed by atoms with Gasteiger partial charge in [-0.15, -0.1) is 0 Å². The van der Waals surface area contributed by atoms with Gasteiger partial charge in [0, 0.05) is 27.1 Å². The quantitative estimate of drug-likeness (QED) is 0.174. The molecule has 63 heavy (non-hydrogen) atoms. The second kappa shape index (κ2) is 12.0. The van der Waals surface area contributed by atoms with Gasteiger partial charge in [0.25, 0.3) is 0 Å². The summed E-state index contributed by atoms with van der Waals surface area (Å²) < 4.78 is 13.4. The lowest BCUT2D eigenvalue weighted by Crippen LogP contribution is -2.25. The van der Waals surface area contributed by atoms with Gasteiger partial charge in [0.15, 0.2) is 0 Å². The number of ether oxygens (including phenoxy) is 1. The molecule has 1 aliphatic heterocycles. The first kappa shape index (κ1) is 33.5. The minimum atomic E-state index is -0.438. The van der Waals surface area contributed by atoms with Crippen LogP contribution in [0.25, 0.3) is 110 Å². The SMILES string of the molecule is c1ccc2c(c1)-c1ccc(-c3ccc4c(c3)-c3cccc5c(-c6cccc7oc8c9ccccc9ccc8c67)ccc(c35)O4)cc1C21c2ccccc2-c2c1ccc1ccccc21. The van der Waals surface area contributed by atoms with Crippen LogP contribution in [0.1, 0.15) is 22.3 Å². The molecule has 290 valence electrons. The van der Waals surface area contributed by atoms with Crippen molar-refractivity contribution in [1.29, 1.82) is 0 Å². The number of fused-ring (bicyclic) bond motifs is 19. The Balaban J connectivity index is 0.915. The molecular weight excluding hydrogens is 765 g/mol. The van der Waals surface area contributed by atoms with E-state index in [1.165, 1.54) is 71.8 Å². The van der Waals surface area contributed by atoms with Gasteiger partial charge in [-0.3, -0.25) is 0 Å². The zero-order valence-corrected chi connectivity index (χ0v) is 33.9. The Morgan fingerprint density at radius 3 is 1.83 bits per heavy atom. The topological polar surface area (TPSA) is 22.4 Å². The van der Waals surface area contributed by atoms with Crippen LogP contribution in [0.4, 0.5) is 0 Å². The molecule has 2 aliphatic carbocycles. The maximum Gasteiger partial charge on any atom is 0.143 e. The van der Waals surface area contributed by atoms with Crippen molar-refractivity contribution in [3.63, 3.8) is 0 Å². The van der Waals surface area contributed by atoms with Gasteiger partial charge >= 0.3 is 0 Å². The molecule has 0 bridgehead atoms. The largest absolute Gasteiger partial charge is 0.456 e. The molecule has 1 spiro atoms. The Bertz CT molecular complexity index is 4020. The molecule has 0 saturated carbocycles. The van der Waals surface area contributed by atoms with Crippen LogP contribution < -0.4 is 4.74 Å². The summed E-state index contributed by atoms with van der Waals surface area (Å²) in [4.78, 5) is 0. The Morgan fingerprint density at radius 1 is 0.317 bits per heavy atom. The first-order chi connectivity index (χ1) is 31.2. The molecule has 2 heteroatoms. The molecule has 12 aromatic rings. The molecule has 0 N–H and O–H groups in total. The second-order valence-corrected chi connectivity index (χ2v) is 17.4. The van der Waals surface area contributed by atoms with Crippen LogP contribution in [-0.2, 0) is 5.41 Å². The maximum atomic E-state index is 6.81. The lowest BCUT2D eigenvalue weighted by Gasteiger charge is -2.31. The van der Waals surface area contributed by atoms with E-state index in [0.717, 1.165) is 71.8 Å². The summed E-state index contributed by atoms with van der Waals surface area (Å²) in [5, 5.41) is 9.43. The summed E-state index contributed by atoms with van der Waals surface area (Å²) in [5.74, 6) is 1.75. The number of rotatable bonds is 2. The van der Waals surface area contributed by atoms with Crippen LogP contribution in [0.3, 0.4) is 0 Å². The van der Waals surface area contributed by atoms with Crippen molar-refractivity contribution in [2.24, 2.45) is 0 Å². The zero-order chi connectivity index (χ0) is 41.0. The summed E-state index contributed by atoms with van der Waals surface area (Å²) in [5.41, 5.74) is 19.0. The fourth-order valence-electron chi connectivity index (χ4n) is 11.9. The lowest BCUT2D eigenvalue weighted by atomic mass is 9.70. The van der Waals surface area contributed by atoms with Gasteiger partial charge in [0.05, 0.1) is 5.41 Å². The average molecular weight is 799 g/mol. The van der Waals surface area contributed by atoms with Gasteiger partial charge in [-0.25, -0.2) is 0 Å². The highest BCUT2D eigenvalue weighted by atomic mass is 16.5. The Labute approximate surface area is 362 Å². The number of benzene rings is 11. The molecule has 2 heterocycles. The van der Waals surface area contributed by atoms with Crippen LogP contribution in [-0.4, -0.2) is 0 Å². The molecule has 1 aromatic heterocycles. The normalized spacial score (nSPS) is 15.2. The van der Waals surface area contributed by atoms with Crippen molar-refractivity contribution in [3.8, 4) is 67.1 Å². The first-order valence-electron chi connectivity index (χ1n) is 21.8. The number of hydrogen-bond donors (Lipinski definition) is 0. The standard InChI is InChI=1S/C61H34O2/c1-3-13-39-35(11-1)25-30-52-57(39)47-16-6-8-21-51(47)61(52)50-20-7-5-15-42(50)43-27-24-38(34-53(43)61)37-26-31-54-49(33-37)46-18-9-17-44-41(29-32-56(62-54)58(44)46)45-19-10-22-55-59(45)48-28-23-36-12-2-4-14-40(36)60(48)63-55/h1-34H. The third-order valence-electron chi connectivity index (χ3n) is 14.5. The minimum Gasteiger partial charge on any atom is -0.456 e. The molecule has 15 rings (SSSR count). The molecule has 1 unspecified atom stereocenters. The Morgan fingerprint density at radius 2 is 0.937 bits per heavy atom. The van der Waals surface area contributed by atoms with Crippen LogP contribution in [0.5, 0.6) is 11.5 Å². The third-order valence-corrected chi connectivity index (χ3v) is 14.5. The number of hydrogen-bond acceptors (Lipinski definition) is 2. The molecular formula is C61H34O2. The minimum absolute atomic E-state index is 0.438. The zero-order valence-electron chi connectivity index (χ0n) is 33.9. The Kier molecular flexibility index (Phi) is 6.38. The second-order valence-electron chi connectivity index (χ2n) is 17.4. The molecule has 1 atom stereocenters. The summed E-state index contributed by atoms with van der Waals surface area (Å²) in [6.45, 7) is 0. The molecule has 0 amide bonds. The fraction of sp³-hybridized carbons (Fsp3) is 0.0164. The van der Waals surface area contributed by atoms with E-state index in [4.69, 9.17) is 9.15 Å². The van der Waals surface area contributed by atoms with Gasteiger partial charge in [0.1, 0.15) is 22.7 Å². The van der Waals surface area contributed by atoms with E-state index >= 15 is 0 Å². The lowest BCUT2D eigenvalue weighted by molar-refractivity contribution is 0.487. The van der Waals surface area contributed by atoms with Crippen molar-refractivity contribution in [1.82, 2.24) is 0 Å². The van der Waals surface area contributed by atoms with Gasteiger partial charge < -0.3 is 9.15 Å². The van der Waals surface area contributed by atoms with E-state index in [1.807, 2.05) is 0 Å². The van der Waals surface area contributed by atoms with Crippen molar-refractivity contribution >= 4 is 54.3 Å². The molecule has 0 saturated heterocycles. The van der Waals surface area contributed by atoms with Crippen LogP contribution in [0, 0.1) is 0 Å². The molecule has 2 nitrogen and oxygen atoms in total. The smallest absolute Gasteiger partial charge is 0.143 e. The summed E-state index contributed by atoms with van der Waals surface area (Å²) in [7, 11) is 0. The van der Waals surface area contributed by atoms with E-state index in [0.29, 0.717) is 0 Å². The van der Waals surface area contributed by atoms with E-state index in [-0.39, 0.29) is 0 Å². The predicted octanol–water partition coefficient (Wildman–Crippen LogP) is 16.5. The summed E-state index contributed by atoms with van der Waals surface area (Å²) in [6.07, 6.45) is 0. The summed E-state index contributed by atoms with van der Waals surface area (Å²) in [6, 6.07) is 76.0. The monoisotopic (exact) mass is 798 g/mol. The predicted molar refractivity (Wildman–Crippen MR) is 259 cm³/mol. The van der Waals surface area contributed by atoms with Gasteiger partial charge in [-0.2, -0.15) is 0 Å². The van der Waals surface area contributed by atoms with Crippen molar-refractivity contribution < 1.29 is 9.15 Å². The van der Waals surface area contributed by atoms with Crippen molar-refractivity contribution in [2.75, 3.05) is 0 Å². The van der Waals surface area contributed by atoms with Crippen LogP contribution >= 0.6 is 0 Å².